The van der Waals surface area contributed by atoms with E-state index >= 15 is 0 Å². The lowest BCUT2D eigenvalue weighted by Gasteiger charge is -2.28. The second-order valence-electron chi connectivity index (χ2n) is 3.45. The van der Waals surface area contributed by atoms with Crippen LogP contribution in [0.1, 0.15) is 29.3 Å². The highest BCUT2D eigenvalue weighted by Gasteiger charge is 2.22. The van der Waals surface area contributed by atoms with E-state index in [0.717, 1.165) is 0 Å². The maximum Gasteiger partial charge on any atom is 0.0412 e. The molecule has 1 nitrogen and oxygen atoms in total. The Kier molecular flexibility index (Phi) is 2.61. The van der Waals surface area contributed by atoms with Crippen LogP contribution in [0.4, 0.5) is 0 Å². The molecule has 0 bridgehead atoms. The monoisotopic (exact) mass is 193 g/mol. The van der Waals surface area contributed by atoms with Crippen LogP contribution in [0.2, 0.25) is 0 Å². The molecule has 2 heteroatoms. The normalized spacial score (nSPS) is 26.9. The molecule has 1 heterocycles. The van der Waals surface area contributed by atoms with Crippen molar-refractivity contribution < 1.29 is 0 Å². The Labute approximate surface area is 83.9 Å². The summed E-state index contributed by atoms with van der Waals surface area (Å²) in [6, 6.07) is 9.29. The Morgan fingerprint density at radius 3 is 2.69 bits per heavy atom. The minimum atomic E-state index is 0.539. The third-order valence-corrected chi connectivity index (χ3v) is 3.95. The van der Waals surface area contributed by atoms with Crippen molar-refractivity contribution in [1.29, 1.82) is 0 Å². The fourth-order valence-electron chi connectivity index (χ4n) is 1.86. The molecule has 0 saturated heterocycles. The quantitative estimate of drug-likeness (QED) is 0.736. The van der Waals surface area contributed by atoms with Crippen LogP contribution in [0.5, 0.6) is 0 Å². The molecule has 2 atom stereocenters. The van der Waals surface area contributed by atoms with E-state index in [2.05, 4.69) is 36.5 Å². The molecule has 0 aliphatic carbocycles. The Bertz CT molecular complexity index is 298. The van der Waals surface area contributed by atoms with Gasteiger partial charge in [0.2, 0.25) is 0 Å². The summed E-state index contributed by atoms with van der Waals surface area (Å²) in [5.74, 6) is 1.19. The Morgan fingerprint density at radius 2 is 2.00 bits per heavy atom. The van der Waals surface area contributed by atoms with Crippen LogP contribution in [0.3, 0.4) is 0 Å². The van der Waals surface area contributed by atoms with Gasteiger partial charge in [-0.2, -0.15) is 11.8 Å². The van der Waals surface area contributed by atoms with E-state index in [0.29, 0.717) is 11.3 Å². The van der Waals surface area contributed by atoms with Crippen molar-refractivity contribution in [2.45, 2.75) is 18.2 Å². The van der Waals surface area contributed by atoms with Crippen molar-refractivity contribution in [3.8, 4) is 0 Å². The summed E-state index contributed by atoms with van der Waals surface area (Å²) in [5, 5.41) is 4.01. The molecule has 1 aliphatic heterocycles. The molecule has 0 spiro atoms. The fraction of sp³-hybridized carbons (Fsp3) is 0.455. The summed E-state index contributed by atoms with van der Waals surface area (Å²) >= 11 is 2.03. The molecule has 0 saturated carbocycles. The minimum absolute atomic E-state index is 0.539. The summed E-state index contributed by atoms with van der Waals surface area (Å²) in [7, 11) is 2.04. The maximum atomic E-state index is 3.36. The Hall–Kier alpha value is -0.470. The molecule has 0 radical (unpaired) electrons. The van der Waals surface area contributed by atoms with Crippen molar-refractivity contribution in [2.75, 3.05) is 12.8 Å². The van der Waals surface area contributed by atoms with Crippen LogP contribution in [0.25, 0.3) is 0 Å². The van der Waals surface area contributed by atoms with E-state index in [1.807, 2.05) is 18.8 Å². The van der Waals surface area contributed by atoms with Gasteiger partial charge in [-0.3, -0.25) is 0 Å². The van der Waals surface area contributed by atoms with Crippen molar-refractivity contribution >= 4 is 11.8 Å². The molecule has 0 aromatic heterocycles. The summed E-state index contributed by atoms with van der Waals surface area (Å²) in [5.41, 5.74) is 2.98. The maximum absolute atomic E-state index is 3.36. The molecule has 1 aromatic carbocycles. The lowest BCUT2D eigenvalue weighted by Crippen LogP contribution is -2.23. The van der Waals surface area contributed by atoms with Crippen molar-refractivity contribution in [3.05, 3.63) is 35.4 Å². The molecule has 1 aliphatic rings. The Morgan fingerprint density at radius 1 is 1.31 bits per heavy atom. The van der Waals surface area contributed by atoms with Gasteiger partial charge in [-0.05, 0) is 25.1 Å². The average Bonchev–Trinajstić information content (AvgIpc) is 2.19. The minimum Gasteiger partial charge on any atom is -0.312 e. The van der Waals surface area contributed by atoms with E-state index in [-0.39, 0.29) is 0 Å². The average molecular weight is 193 g/mol. The number of hydrogen-bond donors (Lipinski definition) is 1. The highest BCUT2D eigenvalue weighted by molar-refractivity contribution is 7.99. The number of nitrogens with one attached hydrogen (secondary N) is 1. The summed E-state index contributed by atoms with van der Waals surface area (Å²) in [6.07, 6.45) is 0. The van der Waals surface area contributed by atoms with Crippen LogP contribution >= 0.6 is 11.8 Å². The van der Waals surface area contributed by atoms with E-state index in [4.69, 9.17) is 0 Å². The summed E-state index contributed by atoms with van der Waals surface area (Å²) in [6.45, 7) is 2.29. The molecular weight excluding hydrogens is 178 g/mol. The number of hydrogen-bond acceptors (Lipinski definition) is 2. The largest absolute Gasteiger partial charge is 0.312 e. The molecule has 2 rings (SSSR count). The topological polar surface area (TPSA) is 12.0 Å². The van der Waals surface area contributed by atoms with Crippen LogP contribution in [-0.2, 0) is 0 Å². The molecule has 0 fully saturated rings. The third kappa shape index (κ3) is 1.61. The number of rotatable bonds is 1. The number of benzene rings is 1. The van der Waals surface area contributed by atoms with Gasteiger partial charge in [0.15, 0.2) is 0 Å². The highest BCUT2D eigenvalue weighted by atomic mass is 32.2. The lowest BCUT2D eigenvalue weighted by molar-refractivity contribution is 0.644. The first kappa shape index (κ1) is 9.10. The van der Waals surface area contributed by atoms with Gasteiger partial charge < -0.3 is 5.32 Å². The zero-order chi connectivity index (χ0) is 9.26. The highest BCUT2D eigenvalue weighted by Crippen LogP contribution is 2.40. The number of fused-ring (bicyclic) bond motifs is 1. The lowest BCUT2D eigenvalue weighted by atomic mass is 9.99. The SMILES string of the molecule is CNC1CSC(C)c2ccccc21. The first-order chi connectivity index (χ1) is 6.33. The van der Waals surface area contributed by atoms with Crippen molar-refractivity contribution in [1.82, 2.24) is 5.32 Å². The third-order valence-electron chi connectivity index (χ3n) is 2.67. The van der Waals surface area contributed by atoms with Gasteiger partial charge in [-0.1, -0.05) is 24.3 Å². The fourth-order valence-corrected chi connectivity index (χ4v) is 3.08. The van der Waals surface area contributed by atoms with Gasteiger partial charge in [-0.25, -0.2) is 0 Å². The molecule has 70 valence electrons. The first-order valence-corrected chi connectivity index (χ1v) is 5.75. The van der Waals surface area contributed by atoms with Crippen molar-refractivity contribution in [2.24, 2.45) is 0 Å². The van der Waals surface area contributed by atoms with Gasteiger partial charge >= 0.3 is 0 Å². The van der Waals surface area contributed by atoms with E-state index in [9.17, 15) is 0 Å². The smallest absolute Gasteiger partial charge is 0.0412 e. The van der Waals surface area contributed by atoms with Crippen molar-refractivity contribution in [3.63, 3.8) is 0 Å². The van der Waals surface area contributed by atoms with Crippen LogP contribution < -0.4 is 5.32 Å². The summed E-state index contributed by atoms with van der Waals surface area (Å²) in [4.78, 5) is 0. The van der Waals surface area contributed by atoms with E-state index < -0.39 is 0 Å². The Balaban J connectivity index is 2.42. The predicted molar refractivity (Wildman–Crippen MR) is 59.1 cm³/mol. The zero-order valence-electron chi connectivity index (χ0n) is 8.08. The second kappa shape index (κ2) is 3.72. The number of thioether (sulfide) groups is 1. The van der Waals surface area contributed by atoms with Crippen LogP contribution in [0, 0.1) is 0 Å². The van der Waals surface area contributed by atoms with Gasteiger partial charge in [0.1, 0.15) is 0 Å². The molecule has 1 N–H and O–H groups in total. The molecule has 1 aromatic rings. The van der Waals surface area contributed by atoms with Crippen LogP contribution in [-0.4, -0.2) is 12.8 Å². The van der Waals surface area contributed by atoms with Gasteiger partial charge in [0, 0.05) is 17.0 Å². The van der Waals surface area contributed by atoms with E-state index in [1.54, 1.807) is 0 Å². The summed E-state index contributed by atoms with van der Waals surface area (Å²) < 4.78 is 0. The first-order valence-electron chi connectivity index (χ1n) is 4.70. The van der Waals surface area contributed by atoms with Gasteiger partial charge in [0.25, 0.3) is 0 Å². The van der Waals surface area contributed by atoms with Gasteiger partial charge in [0.05, 0.1) is 0 Å². The van der Waals surface area contributed by atoms with E-state index in [1.165, 1.54) is 16.9 Å². The van der Waals surface area contributed by atoms with Crippen LogP contribution in [0.15, 0.2) is 24.3 Å². The van der Waals surface area contributed by atoms with Gasteiger partial charge in [-0.15, -0.1) is 0 Å². The molecule has 2 unspecified atom stereocenters. The predicted octanol–water partition coefficient (Wildman–Crippen LogP) is 2.75. The second-order valence-corrected chi connectivity index (χ2v) is 4.82. The zero-order valence-corrected chi connectivity index (χ0v) is 8.90. The molecule has 13 heavy (non-hydrogen) atoms. The standard InChI is InChI=1S/C11H15NS/c1-8-9-5-3-4-6-10(9)11(12-2)7-13-8/h3-6,8,11-12H,7H2,1-2H3. The molecule has 0 amide bonds. The molecular formula is C11H15NS.